The fourth-order valence-corrected chi connectivity index (χ4v) is 10.8. The molecule has 30 heteroatoms. The van der Waals surface area contributed by atoms with Crippen molar-refractivity contribution in [3.8, 4) is 44.5 Å². The number of anilines is 1. The molecule has 0 aliphatic heterocycles. The number of benzene rings is 10. The van der Waals surface area contributed by atoms with Gasteiger partial charge in [-0.2, -0.15) is 0 Å². The molecule has 0 spiro atoms. The van der Waals surface area contributed by atoms with Crippen LogP contribution >= 0.6 is 0 Å². The first-order chi connectivity index (χ1) is 55.7. The van der Waals surface area contributed by atoms with Gasteiger partial charge in [0, 0.05) is 124 Å². The topological polar surface area (TPSA) is 461 Å². The molecule has 4 unspecified atom stereocenters. The van der Waals surface area contributed by atoms with Crippen molar-refractivity contribution < 1.29 is 82.7 Å². The molecule has 0 aromatic heterocycles. The Labute approximate surface area is 683 Å². The molecule has 118 heavy (non-hydrogen) atoms. The second kappa shape index (κ2) is 48.4. The van der Waals surface area contributed by atoms with E-state index in [0.29, 0.717) is 59.9 Å². The highest BCUT2D eigenvalue weighted by atomic mass is 16.6. The lowest BCUT2D eigenvalue weighted by Gasteiger charge is -2.14. The number of carboxylic acid groups (broad SMARTS) is 3. The average Bonchev–Trinajstić information content (AvgIpc) is 0.830. The van der Waals surface area contributed by atoms with Gasteiger partial charge in [-0.25, -0.2) is 14.4 Å². The van der Waals surface area contributed by atoms with Gasteiger partial charge >= 0.3 is 17.9 Å². The zero-order valence-electron chi connectivity index (χ0n) is 68.0. The number of carbonyl (C=O) groups excluding carboxylic acids is 3. The first-order valence-corrected chi connectivity index (χ1v) is 36.5. The van der Waals surface area contributed by atoms with E-state index in [0.717, 1.165) is 68.3 Å². The van der Waals surface area contributed by atoms with Crippen molar-refractivity contribution in [1.29, 1.82) is 0 Å². The Balaban J connectivity index is 0.000000297. The molecular formula is C88H99N9O21. The Morgan fingerprint density at radius 1 is 0.322 bits per heavy atom. The van der Waals surface area contributed by atoms with Crippen LogP contribution in [0.5, 0.6) is 0 Å². The Bertz CT molecular complexity index is 4870. The van der Waals surface area contributed by atoms with Gasteiger partial charge in [-0.3, -0.25) is 54.8 Å². The van der Waals surface area contributed by atoms with Gasteiger partial charge in [0.2, 0.25) is 0 Å². The first-order valence-electron chi connectivity index (χ1n) is 36.5. The second-order valence-corrected chi connectivity index (χ2v) is 27.4. The van der Waals surface area contributed by atoms with E-state index in [9.17, 15) is 69.2 Å². The lowest BCUT2D eigenvalue weighted by atomic mass is 9.99. The van der Waals surface area contributed by atoms with Crippen molar-refractivity contribution in [1.82, 2.24) is 16.0 Å². The predicted molar refractivity (Wildman–Crippen MR) is 453 cm³/mol. The molecule has 10 aromatic rings. The van der Waals surface area contributed by atoms with Crippen LogP contribution in [-0.2, 0) is 18.9 Å². The summed E-state index contributed by atoms with van der Waals surface area (Å²) in [5.74, 6) is -4.09. The van der Waals surface area contributed by atoms with Crippen LogP contribution in [0.25, 0.3) is 44.5 Å². The van der Waals surface area contributed by atoms with Gasteiger partial charge in [0.05, 0.1) is 62.8 Å². The minimum Gasteiger partial charge on any atom is -0.478 e. The Morgan fingerprint density at radius 3 is 0.915 bits per heavy atom. The number of aryl methyl sites for hydroxylation is 6. The molecule has 0 fully saturated rings. The van der Waals surface area contributed by atoms with Crippen LogP contribution in [-0.4, -0.2) is 150 Å². The zero-order chi connectivity index (χ0) is 88.0. The number of rotatable bonds is 25. The Morgan fingerprint density at radius 2 is 0.593 bits per heavy atom. The highest BCUT2D eigenvalue weighted by Gasteiger charge is 2.20. The number of aromatic carboxylic acids is 3. The van der Waals surface area contributed by atoms with Crippen molar-refractivity contribution in [2.45, 2.75) is 93.4 Å². The number of nitro groups is 4. The van der Waals surface area contributed by atoms with Crippen LogP contribution in [0.4, 0.5) is 28.4 Å². The molecule has 0 saturated carbocycles. The number of non-ortho nitro benzene ring substituents is 4. The Kier molecular flexibility index (Phi) is 39.6. The Hall–Kier alpha value is -13.8. The third kappa shape index (κ3) is 33.7. The number of nitro benzene ring substituents is 4. The predicted octanol–water partition coefficient (Wildman–Crippen LogP) is 16.2. The maximum absolute atomic E-state index is 12.4. The molecule has 3 amide bonds. The number of methoxy groups -OCH3 is 4. The van der Waals surface area contributed by atoms with Crippen LogP contribution < -0.4 is 27.4 Å². The minimum atomic E-state index is -1.18. The number of amides is 3. The summed E-state index contributed by atoms with van der Waals surface area (Å²) in [7, 11) is 6.43. The van der Waals surface area contributed by atoms with Gasteiger partial charge in [0.25, 0.3) is 40.5 Å². The summed E-state index contributed by atoms with van der Waals surface area (Å²) in [5.41, 5.74) is 25.4. The molecule has 10 rings (SSSR count). The molecule has 10 aromatic carbocycles. The molecule has 0 aliphatic rings. The van der Waals surface area contributed by atoms with Crippen LogP contribution in [0, 0.1) is 82.0 Å². The van der Waals surface area contributed by atoms with Crippen molar-refractivity contribution in [2.75, 3.05) is 60.6 Å². The lowest BCUT2D eigenvalue weighted by molar-refractivity contribution is -0.385. The molecule has 30 nitrogen and oxygen atoms in total. The van der Waals surface area contributed by atoms with Crippen molar-refractivity contribution in [3.63, 3.8) is 0 Å². The smallest absolute Gasteiger partial charge is 0.335 e. The molecule has 0 heterocycles. The summed E-state index contributed by atoms with van der Waals surface area (Å²) in [6.07, 6.45) is 0. The zero-order valence-corrected chi connectivity index (χ0v) is 68.0. The van der Waals surface area contributed by atoms with Gasteiger partial charge < -0.3 is 61.7 Å². The first kappa shape index (κ1) is 96.6. The third-order valence-corrected chi connectivity index (χ3v) is 16.5. The van der Waals surface area contributed by atoms with Gasteiger partial charge in [0.1, 0.15) is 0 Å². The SMILES string of the molecule is COCC(C)N.COCC(C)NC(=O)c1cc(-c2ccc(C)cc2)cc([N+](=O)[O-])c1.COCC(C)NC(=O)c1cc(C)cc(-c2ccc(C)cc2)c1.COCC(C)NC(=O)c1cc(N)cc(-c2ccc(C)cc2)c1.Cc1cc(C(=O)O)cc([N+](=O)[O-])c1.Cc1ccc(-c2cc(C(=O)O)cc([N+](=O)[O-])c2)cc1.O=C(O)c1cccc([N+](=O)[O-])c1. The highest BCUT2D eigenvalue weighted by molar-refractivity contribution is 5.98. The van der Waals surface area contributed by atoms with E-state index in [-0.39, 0.29) is 86.9 Å². The molecule has 0 bridgehead atoms. The molecule has 10 N–H and O–H groups in total. The number of nitrogens with two attached hydrogens (primary N) is 2. The van der Waals surface area contributed by atoms with Gasteiger partial charge in [-0.15, -0.1) is 0 Å². The largest absolute Gasteiger partial charge is 0.478 e. The molecule has 622 valence electrons. The number of hydrogen-bond donors (Lipinski definition) is 8. The fraction of sp³-hybridized carbons (Fsp3) is 0.250. The van der Waals surface area contributed by atoms with Gasteiger partial charge in [-0.1, -0.05) is 131 Å². The molecular weight excluding hydrogens is 1520 g/mol. The summed E-state index contributed by atoms with van der Waals surface area (Å²) in [5, 5.41) is 77.2. The minimum absolute atomic E-state index is 0.0131. The molecule has 0 aliphatic carbocycles. The van der Waals surface area contributed by atoms with Crippen molar-refractivity contribution in [3.05, 3.63) is 320 Å². The van der Waals surface area contributed by atoms with Crippen LogP contribution in [0.3, 0.4) is 0 Å². The van der Waals surface area contributed by atoms with E-state index in [1.165, 1.54) is 65.7 Å². The highest BCUT2D eigenvalue weighted by Crippen LogP contribution is 2.30. The fourth-order valence-electron chi connectivity index (χ4n) is 10.8. The summed E-state index contributed by atoms with van der Waals surface area (Å²) in [6.45, 7) is 21.2. The van der Waals surface area contributed by atoms with E-state index in [4.69, 9.17) is 41.0 Å². The molecule has 0 saturated heterocycles. The number of ether oxygens (including phenoxy) is 4. The lowest BCUT2D eigenvalue weighted by Crippen LogP contribution is -2.35. The normalized spacial score (nSPS) is 11.2. The number of carboxylic acids is 3. The number of nitrogens with one attached hydrogen (secondary N) is 3. The number of nitrogens with zero attached hydrogens (tertiary/aromatic N) is 4. The summed E-state index contributed by atoms with van der Waals surface area (Å²) in [4.78, 5) is 109. The standard InChI is InChI=1S/C19H23NO2.C18H20N2O4.C18H22N2O2.C14H11NO4.C8H7NO4.C7H5NO4.C4H11NO/c1-13-5-7-16(8-6-13)17-9-14(2)10-18(11-17)19(21)20-15(3)12-22-4;1-12-4-6-14(7-5-12)15-8-16(10-17(9-15)20(22)23)18(21)19-13(2)11-24-3;1-12-4-6-14(7-5-12)15-8-16(10-17(19)9-15)18(21)20-13(2)11-22-3;1-9-2-4-10(5-3-9)11-6-12(14(16)17)8-13(7-11)15(18)19;1-5-2-6(8(10)11)4-7(3-5)9(12)13;9-7(10)5-2-1-3-6(4-5)8(11)12;1-4(5)3-6-2/h5-11,15H,12H2,1-4H3,(H,20,21);4-10,13H,11H2,1-3H3,(H,19,21);4-10,13H,11,19H2,1-3H3,(H,20,21);2-8H,1H3,(H,16,17);2-4H,1H3,(H,10,11);1-4H,(H,9,10);4H,3,5H2,1-2H3. The molecule has 0 radical (unpaired) electrons. The van der Waals surface area contributed by atoms with E-state index >= 15 is 0 Å². The van der Waals surface area contributed by atoms with E-state index in [2.05, 4.69) is 57.9 Å². The van der Waals surface area contributed by atoms with Crippen molar-refractivity contribution >= 4 is 64.1 Å². The maximum atomic E-state index is 12.4. The van der Waals surface area contributed by atoms with E-state index in [1.54, 1.807) is 66.6 Å². The van der Waals surface area contributed by atoms with Crippen molar-refractivity contribution in [2.24, 2.45) is 5.73 Å². The van der Waals surface area contributed by atoms with Crippen LogP contribution in [0.15, 0.2) is 212 Å². The third-order valence-electron chi connectivity index (χ3n) is 16.5. The number of hydrogen-bond acceptors (Lipinski definition) is 20. The van der Waals surface area contributed by atoms with Crippen LogP contribution in [0.1, 0.15) is 123 Å². The summed E-state index contributed by atoms with van der Waals surface area (Å²) < 4.78 is 19.7. The summed E-state index contributed by atoms with van der Waals surface area (Å²) in [6, 6.07) is 59.6. The summed E-state index contributed by atoms with van der Waals surface area (Å²) >= 11 is 0. The van der Waals surface area contributed by atoms with Gasteiger partial charge in [-0.05, 0) is 179 Å². The van der Waals surface area contributed by atoms with E-state index < -0.39 is 37.6 Å². The number of nitrogen functional groups attached to an aromatic ring is 1. The van der Waals surface area contributed by atoms with E-state index in [1.807, 2.05) is 133 Å². The van der Waals surface area contributed by atoms with Gasteiger partial charge in [0.15, 0.2) is 0 Å². The second-order valence-electron chi connectivity index (χ2n) is 27.4. The maximum Gasteiger partial charge on any atom is 0.335 e. The monoisotopic (exact) mass is 1620 g/mol. The van der Waals surface area contributed by atoms with Crippen LogP contribution in [0.2, 0.25) is 0 Å². The average molecular weight is 1620 g/mol. The number of carbonyl (C=O) groups is 6. The molecule has 4 atom stereocenters. The quantitative estimate of drug-likeness (QED) is 0.0150.